The lowest BCUT2D eigenvalue weighted by atomic mass is 10.4. The molecule has 0 aliphatic carbocycles. The molecule has 5 nitrogen and oxygen atoms in total. The molecule has 0 aromatic carbocycles. The van der Waals surface area contributed by atoms with E-state index in [4.69, 9.17) is 0 Å². The Morgan fingerprint density at radius 3 is 2.36 bits per heavy atom. The van der Waals surface area contributed by atoms with Gasteiger partial charge in [-0.2, -0.15) is 0 Å². The van der Waals surface area contributed by atoms with Crippen LogP contribution in [0.1, 0.15) is 20.8 Å². The van der Waals surface area contributed by atoms with Gasteiger partial charge in [0, 0.05) is 6.04 Å². The van der Waals surface area contributed by atoms with E-state index in [9.17, 15) is 9.59 Å². The van der Waals surface area contributed by atoms with Gasteiger partial charge in [0.05, 0.1) is 13.2 Å². The monoisotopic (exact) mass is 225 g/mol. The van der Waals surface area contributed by atoms with E-state index < -0.39 is 12.1 Å². The fraction of sp³-hybridized carbons (Fsp3) is 0.750. The highest BCUT2D eigenvalue weighted by atomic mass is 35.5. The predicted octanol–water partition coefficient (Wildman–Crippen LogP) is 1.11. The van der Waals surface area contributed by atoms with Gasteiger partial charge in [-0.3, -0.25) is 4.79 Å². The molecular weight excluding hydrogens is 210 g/mol. The van der Waals surface area contributed by atoms with Crippen LogP contribution in [-0.2, 0) is 14.3 Å². The molecule has 0 saturated carbocycles. The predicted molar refractivity (Wildman–Crippen MR) is 53.5 cm³/mol. The molecule has 0 aliphatic heterocycles. The Bertz CT molecular complexity index is 184. The first-order chi connectivity index (χ1) is 6.06. The average molecular weight is 226 g/mol. The Kier molecular flexibility index (Phi) is 9.81. The summed E-state index contributed by atoms with van der Waals surface area (Å²) in [6, 6.07) is 0.176. The maximum atomic E-state index is 10.8. The lowest BCUT2D eigenvalue weighted by molar-refractivity contribution is -0.138. The van der Waals surface area contributed by atoms with E-state index in [0.29, 0.717) is 0 Å². The van der Waals surface area contributed by atoms with Crippen molar-refractivity contribution in [2.24, 2.45) is 0 Å². The summed E-state index contributed by atoms with van der Waals surface area (Å²) < 4.78 is 8.69. The molecule has 0 aromatic rings. The summed E-state index contributed by atoms with van der Waals surface area (Å²) in [4.78, 5) is 21.5. The summed E-state index contributed by atoms with van der Waals surface area (Å²) in [6.07, 6.45) is -0.946. The van der Waals surface area contributed by atoms with Crippen molar-refractivity contribution < 1.29 is 19.1 Å². The summed E-state index contributed by atoms with van der Waals surface area (Å²) >= 11 is 0. The van der Waals surface area contributed by atoms with Crippen LogP contribution in [0.5, 0.6) is 0 Å². The Balaban J connectivity index is 0. The number of ether oxygens (including phenoxy) is 2. The van der Waals surface area contributed by atoms with E-state index in [2.05, 4.69) is 14.8 Å². The van der Waals surface area contributed by atoms with Crippen LogP contribution in [0.3, 0.4) is 0 Å². The zero-order chi connectivity index (χ0) is 10.3. The number of nitrogens with one attached hydrogen (secondary N) is 1. The Hall–Kier alpha value is -0.810. The minimum Gasteiger partial charge on any atom is -0.434 e. The first-order valence-corrected chi connectivity index (χ1v) is 4.17. The van der Waals surface area contributed by atoms with Gasteiger partial charge in [-0.15, -0.1) is 12.4 Å². The molecule has 0 amide bonds. The smallest absolute Gasteiger partial charge is 0.434 e. The second-order valence-corrected chi connectivity index (χ2v) is 2.69. The van der Waals surface area contributed by atoms with Crippen LogP contribution in [-0.4, -0.2) is 31.3 Å². The molecule has 0 rings (SSSR count). The van der Waals surface area contributed by atoms with Crippen LogP contribution in [0, 0.1) is 0 Å². The zero-order valence-electron chi connectivity index (χ0n) is 8.53. The average Bonchev–Trinajstić information content (AvgIpc) is 2.01. The second-order valence-electron chi connectivity index (χ2n) is 2.69. The highest BCUT2D eigenvalue weighted by Crippen LogP contribution is 1.86. The third-order valence-electron chi connectivity index (χ3n) is 1.11. The summed E-state index contributed by atoms with van der Waals surface area (Å²) in [7, 11) is 0. The molecule has 0 heterocycles. The molecule has 0 unspecified atom stereocenters. The third-order valence-corrected chi connectivity index (χ3v) is 1.11. The van der Waals surface area contributed by atoms with Gasteiger partial charge in [-0.25, -0.2) is 4.79 Å². The number of halogens is 1. The van der Waals surface area contributed by atoms with Crippen molar-refractivity contribution in [1.82, 2.24) is 5.32 Å². The number of carbonyl (C=O) groups is 2. The van der Waals surface area contributed by atoms with Gasteiger partial charge in [0.2, 0.25) is 0 Å². The van der Waals surface area contributed by atoms with Crippen LogP contribution in [0.2, 0.25) is 0 Å². The molecule has 0 aromatic heterocycles. The normalized spacial score (nSPS) is 9.14. The molecule has 14 heavy (non-hydrogen) atoms. The first kappa shape index (κ1) is 15.7. The van der Waals surface area contributed by atoms with Crippen molar-refractivity contribution in [3.05, 3.63) is 0 Å². The highest BCUT2D eigenvalue weighted by Gasteiger charge is 2.10. The fourth-order valence-corrected chi connectivity index (χ4v) is 0.564. The molecule has 0 atom stereocenters. The maximum absolute atomic E-state index is 10.8. The Morgan fingerprint density at radius 2 is 1.93 bits per heavy atom. The van der Waals surface area contributed by atoms with E-state index >= 15 is 0 Å². The SMILES string of the molecule is CCOC(=O)OC(=O)CNC(C)C.Cl. The van der Waals surface area contributed by atoms with Crippen LogP contribution in [0.25, 0.3) is 0 Å². The van der Waals surface area contributed by atoms with E-state index in [0.717, 1.165) is 0 Å². The largest absolute Gasteiger partial charge is 0.516 e. The van der Waals surface area contributed by atoms with Crippen LogP contribution < -0.4 is 5.32 Å². The molecular formula is C8H16ClNO4. The van der Waals surface area contributed by atoms with Crippen molar-refractivity contribution >= 4 is 24.5 Å². The topological polar surface area (TPSA) is 64.6 Å². The number of carbonyl (C=O) groups excluding carboxylic acids is 2. The summed E-state index contributed by atoms with van der Waals surface area (Å²) in [5, 5.41) is 2.81. The van der Waals surface area contributed by atoms with Crippen molar-refractivity contribution in [2.45, 2.75) is 26.8 Å². The van der Waals surface area contributed by atoms with Gasteiger partial charge in [-0.1, -0.05) is 13.8 Å². The third kappa shape index (κ3) is 9.28. The van der Waals surface area contributed by atoms with Gasteiger partial charge < -0.3 is 14.8 Å². The Labute approximate surface area is 89.5 Å². The quantitative estimate of drug-likeness (QED) is 0.574. The molecule has 1 N–H and O–H groups in total. The van der Waals surface area contributed by atoms with Crippen molar-refractivity contribution in [1.29, 1.82) is 0 Å². The fourth-order valence-electron chi connectivity index (χ4n) is 0.564. The maximum Gasteiger partial charge on any atom is 0.516 e. The van der Waals surface area contributed by atoms with Gasteiger partial charge >= 0.3 is 12.1 Å². The number of esters is 1. The minimum absolute atomic E-state index is 0. The molecule has 0 saturated heterocycles. The van der Waals surface area contributed by atoms with Gasteiger partial charge in [0.25, 0.3) is 0 Å². The Morgan fingerprint density at radius 1 is 1.36 bits per heavy atom. The molecule has 84 valence electrons. The number of hydrogen-bond donors (Lipinski definition) is 1. The van der Waals surface area contributed by atoms with Crippen LogP contribution in [0.15, 0.2) is 0 Å². The number of hydrogen-bond acceptors (Lipinski definition) is 5. The molecule has 0 bridgehead atoms. The standard InChI is InChI=1S/C8H15NO4.ClH/c1-4-12-8(11)13-7(10)5-9-6(2)3;/h6,9H,4-5H2,1-3H3;1H. The molecule has 0 fully saturated rings. The van der Waals surface area contributed by atoms with E-state index in [1.807, 2.05) is 13.8 Å². The summed E-state index contributed by atoms with van der Waals surface area (Å²) in [5.41, 5.74) is 0. The minimum atomic E-state index is -0.946. The van der Waals surface area contributed by atoms with Crippen molar-refractivity contribution in [3.8, 4) is 0 Å². The zero-order valence-corrected chi connectivity index (χ0v) is 9.35. The molecule has 6 heteroatoms. The van der Waals surface area contributed by atoms with E-state index in [1.165, 1.54) is 0 Å². The lowest BCUT2D eigenvalue weighted by Gasteiger charge is -2.06. The summed E-state index contributed by atoms with van der Waals surface area (Å²) in [5.74, 6) is -0.632. The number of rotatable bonds is 4. The van der Waals surface area contributed by atoms with Gasteiger partial charge in [0.15, 0.2) is 0 Å². The van der Waals surface area contributed by atoms with Gasteiger partial charge in [0.1, 0.15) is 0 Å². The van der Waals surface area contributed by atoms with E-state index in [-0.39, 0.29) is 31.6 Å². The molecule has 0 radical (unpaired) electrons. The highest BCUT2D eigenvalue weighted by molar-refractivity contribution is 5.85. The first-order valence-electron chi connectivity index (χ1n) is 4.17. The van der Waals surface area contributed by atoms with Crippen molar-refractivity contribution in [2.75, 3.05) is 13.2 Å². The molecule has 0 aliphatic rings. The van der Waals surface area contributed by atoms with Crippen molar-refractivity contribution in [3.63, 3.8) is 0 Å². The lowest BCUT2D eigenvalue weighted by Crippen LogP contribution is -2.31. The van der Waals surface area contributed by atoms with Crippen LogP contribution >= 0.6 is 12.4 Å². The van der Waals surface area contributed by atoms with Crippen LogP contribution in [0.4, 0.5) is 4.79 Å². The second kappa shape index (κ2) is 8.77. The van der Waals surface area contributed by atoms with Gasteiger partial charge in [-0.05, 0) is 6.92 Å². The molecule has 0 spiro atoms. The summed E-state index contributed by atoms with van der Waals surface area (Å²) in [6.45, 7) is 5.62. The van der Waals surface area contributed by atoms with E-state index in [1.54, 1.807) is 6.92 Å².